The van der Waals surface area contributed by atoms with Gasteiger partial charge < -0.3 is 10.2 Å². The number of benzene rings is 2. The second-order valence-electron chi connectivity index (χ2n) is 15.0. The lowest BCUT2D eigenvalue weighted by atomic mass is 9.64. The third-order valence-corrected chi connectivity index (χ3v) is 9.65. The summed E-state index contributed by atoms with van der Waals surface area (Å²) < 4.78 is 0. The zero-order valence-corrected chi connectivity index (χ0v) is 25.3. The molecule has 2 aliphatic carbocycles. The molecule has 2 aliphatic heterocycles. The molecule has 0 saturated carbocycles. The molecule has 0 spiro atoms. The molecule has 4 heteroatoms. The summed E-state index contributed by atoms with van der Waals surface area (Å²) in [6.07, 6.45) is 3.75. The molecule has 1 N–H and O–H groups in total. The van der Waals surface area contributed by atoms with Crippen LogP contribution in [0.1, 0.15) is 109 Å². The van der Waals surface area contributed by atoms with E-state index in [4.69, 9.17) is 0 Å². The maximum atomic E-state index is 13.8. The zero-order valence-electron chi connectivity index (χ0n) is 25.3. The summed E-state index contributed by atoms with van der Waals surface area (Å²) >= 11 is 0. The lowest BCUT2D eigenvalue weighted by molar-refractivity contribution is -0.119. The minimum absolute atomic E-state index is 0.0137. The number of rotatable bonds is 3. The third kappa shape index (κ3) is 4.63. The molecule has 0 aromatic heterocycles. The van der Waals surface area contributed by atoms with Crippen molar-refractivity contribution in [1.82, 2.24) is 5.32 Å². The second-order valence-corrected chi connectivity index (χ2v) is 15.0. The van der Waals surface area contributed by atoms with Gasteiger partial charge in [0.05, 0.1) is 0 Å². The summed E-state index contributed by atoms with van der Waals surface area (Å²) in [5.74, 6) is 0.465. The van der Waals surface area contributed by atoms with Gasteiger partial charge in [0, 0.05) is 59.1 Å². The van der Waals surface area contributed by atoms with Gasteiger partial charge in [-0.15, -0.1) is 0 Å². The minimum Gasteiger partial charge on any atom is -0.362 e. The Hall–Kier alpha value is -3.14. The second kappa shape index (κ2) is 9.19. The molecular weight excluding hydrogens is 492 g/mol. The maximum Gasteiger partial charge on any atom is 0.162 e. The Morgan fingerprint density at radius 2 is 1.38 bits per heavy atom. The van der Waals surface area contributed by atoms with Crippen molar-refractivity contribution >= 4 is 17.3 Å². The Balaban J connectivity index is 1.49. The number of nitrogens with one attached hydrogen (secondary N) is 1. The predicted molar refractivity (Wildman–Crippen MR) is 162 cm³/mol. The van der Waals surface area contributed by atoms with Crippen LogP contribution in [0.5, 0.6) is 0 Å². The van der Waals surface area contributed by atoms with Gasteiger partial charge in [0.25, 0.3) is 0 Å². The van der Waals surface area contributed by atoms with Crippen LogP contribution in [-0.4, -0.2) is 17.1 Å². The van der Waals surface area contributed by atoms with E-state index in [0.29, 0.717) is 18.8 Å². The van der Waals surface area contributed by atoms with Crippen LogP contribution in [0.2, 0.25) is 0 Å². The normalized spacial score (nSPS) is 25.3. The zero-order chi connectivity index (χ0) is 28.6. The summed E-state index contributed by atoms with van der Waals surface area (Å²) in [6.45, 7) is 16.6. The molecule has 6 rings (SSSR count). The van der Waals surface area contributed by atoms with Gasteiger partial charge in [-0.25, -0.2) is 0 Å². The van der Waals surface area contributed by atoms with E-state index >= 15 is 0 Å². The van der Waals surface area contributed by atoms with Crippen molar-refractivity contribution in [3.63, 3.8) is 0 Å². The lowest BCUT2D eigenvalue weighted by Gasteiger charge is -2.48. The molecule has 0 amide bonds. The molecule has 1 unspecified atom stereocenters. The van der Waals surface area contributed by atoms with Crippen molar-refractivity contribution < 1.29 is 9.59 Å². The molecule has 2 heterocycles. The Bertz CT molecular complexity index is 1400. The van der Waals surface area contributed by atoms with E-state index in [1.54, 1.807) is 0 Å². The average molecular weight is 537 g/mol. The van der Waals surface area contributed by atoms with Crippen molar-refractivity contribution in [2.45, 2.75) is 104 Å². The van der Waals surface area contributed by atoms with Crippen LogP contribution in [0.3, 0.4) is 0 Å². The SMILES string of the molecule is CC1CC(C)(C)N(Cc2ccccc2)c2ccc(C3C4=C(CC(C)(C)CC4=O)NC4=C3C(=O)CC(C)(C)C4)cc21. The average Bonchev–Trinajstić information content (AvgIpc) is 2.84. The summed E-state index contributed by atoms with van der Waals surface area (Å²) in [5, 5.41) is 3.65. The van der Waals surface area contributed by atoms with Gasteiger partial charge in [0.2, 0.25) is 0 Å². The highest BCUT2D eigenvalue weighted by molar-refractivity contribution is 6.06. The number of dihydropyridines is 1. The molecule has 0 fully saturated rings. The number of anilines is 1. The number of nitrogens with zero attached hydrogens (tertiary/aromatic N) is 1. The van der Waals surface area contributed by atoms with Crippen LogP contribution in [0, 0.1) is 10.8 Å². The number of ketones is 2. The van der Waals surface area contributed by atoms with E-state index in [9.17, 15) is 9.59 Å². The van der Waals surface area contributed by atoms with Gasteiger partial charge in [-0.05, 0) is 72.6 Å². The molecule has 210 valence electrons. The van der Waals surface area contributed by atoms with E-state index in [-0.39, 0.29) is 33.9 Å². The number of carbonyl (C=O) groups is 2. The molecule has 2 aromatic carbocycles. The molecule has 0 saturated heterocycles. The molecular formula is C36H44N2O2. The number of carbonyl (C=O) groups excluding carboxylic acids is 2. The summed E-state index contributed by atoms with van der Waals surface area (Å²) in [4.78, 5) is 30.1. The van der Waals surface area contributed by atoms with Gasteiger partial charge in [0.15, 0.2) is 11.6 Å². The van der Waals surface area contributed by atoms with Crippen molar-refractivity contribution in [3.05, 3.63) is 87.8 Å². The molecule has 0 bridgehead atoms. The number of fused-ring (bicyclic) bond motifs is 1. The van der Waals surface area contributed by atoms with Crippen LogP contribution in [0.4, 0.5) is 5.69 Å². The van der Waals surface area contributed by atoms with Gasteiger partial charge in [-0.1, -0.05) is 77.1 Å². The van der Waals surface area contributed by atoms with E-state index in [1.165, 1.54) is 16.8 Å². The fraction of sp³-hybridized carbons (Fsp3) is 0.500. The van der Waals surface area contributed by atoms with Crippen molar-refractivity contribution in [1.29, 1.82) is 0 Å². The Labute approximate surface area is 239 Å². The molecule has 1 atom stereocenters. The first-order valence-corrected chi connectivity index (χ1v) is 15.0. The van der Waals surface area contributed by atoms with Crippen molar-refractivity contribution in [2.24, 2.45) is 10.8 Å². The van der Waals surface area contributed by atoms with Gasteiger partial charge in [0.1, 0.15) is 0 Å². The first-order valence-electron chi connectivity index (χ1n) is 15.0. The Morgan fingerprint density at radius 1 is 0.800 bits per heavy atom. The predicted octanol–water partition coefficient (Wildman–Crippen LogP) is 7.95. The third-order valence-electron chi connectivity index (χ3n) is 9.65. The highest BCUT2D eigenvalue weighted by atomic mass is 16.1. The maximum absolute atomic E-state index is 13.8. The van der Waals surface area contributed by atoms with Crippen molar-refractivity contribution in [3.8, 4) is 0 Å². The van der Waals surface area contributed by atoms with Crippen LogP contribution in [-0.2, 0) is 16.1 Å². The number of Topliss-reactive ketones (excluding diaryl/α,β-unsaturated/α-hetero) is 2. The van der Waals surface area contributed by atoms with Crippen LogP contribution < -0.4 is 10.2 Å². The van der Waals surface area contributed by atoms with Crippen LogP contribution in [0.25, 0.3) is 0 Å². The van der Waals surface area contributed by atoms with E-state index in [0.717, 1.165) is 53.9 Å². The van der Waals surface area contributed by atoms with E-state index < -0.39 is 0 Å². The van der Waals surface area contributed by atoms with Gasteiger partial charge in [-0.2, -0.15) is 0 Å². The molecule has 40 heavy (non-hydrogen) atoms. The standard InChI is InChI=1S/C36H44N2O2/c1-22-16-36(6,7)38(21-23-11-9-8-10-12-23)28-14-13-24(15-25(22)28)31-32-26(17-34(2,3)19-29(32)39)37-27-18-35(4,5)20-30(40)33(27)31/h8-15,22,31,37H,16-21H2,1-7H3. The number of hydrogen-bond acceptors (Lipinski definition) is 4. The fourth-order valence-electron chi connectivity index (χ4n) is 7.98. The summed E-state index contributed by atoms with van der Waals surface area (Å²) in [7, 11) is 0. The largest absolute Gasteiger partial charge is 0.362 e. The minimum atomic E-state index is -0.284. The number of allylic oxidation sites excluding steroid dienone is 4. The molecule has 4 nitrogen and oxygen atoms in total. The first-order chi connectivity index (χ1) is 18.7. The highest BCUT2D eigenvalue weighted by Gasteiger charge is 2.47. The van der Waals surface area contributed by atoms with Gasteiger partial charge >= 0.3 is 0 Å². The fourth-order valence-corrected chi connectivity index (χ4v) is 7.98. The van der Waals surface area contributed by atoms with E-state index in [2.05, 4.69) is 107 Å². The quantitative estimate of drug-likeness (QED) is 0.432. The van der Waals surface area contributed by atoms with Gasteiger partial charge in [-0.3, -0.25) is 9.59 Å². The number of hydrogen-bond donors (Lipinski definition) is 1. The summed E-state index contributed by atoms with van der Waals surface area (Å²) in [6, 6.07) is 17.5. The molecule has 4 aliphatic rings. The first kappa shape index (κ1) is 27.1. The highest BCUT2D eigenvalue weighted by Crippen LogP contribution is 2.52. The lowest BCUT2D eigenvalue weighted by Crippen LogP contribution is -2.48. The summed E-state index contributed by atoms with van der Waals surface area (Å²) in [5.41, 5.74) is 8.54. The van der Waals surface area contributed by atoms with Crippen molar-refractivity contribution in [2.75, 3.05) is 4.90 Å². The van der Waals surface area contributed by atoms with Crippen LogP contribution in [0.15, 0.2) is 71.1 Å². The Kier molecular flexibility index (Phi) is 6.22. The topological polar surface area (TPSA) is 49.4 Å². The molecule has 2 aromatic rings. The van der Waals surface area contributed by atoms with Crippen LogP contribution >= 0.6 is 0 Å². The monoisotopic (exact) mass is 536 g/mol. The Morgan fingerprint density at radius 3 is 1.95 bits per heavy atom. The smallest absolute Gasteiger partial charge is 0.162 e. The molecule has 0 radical (unpaired) electrons. The van der Waals surface area contributed by atoms with E-state index in [1.807, 2.05) is 0 Å².